The molecular weight excluding hydrogens is 420 g/mol. The third-order valence-corrected chi connectivity index (χ3v) is 5.17. The zero-order chi connectivity index (χ0) is 23.5. The van der Waals surface area contributed by atoms with E-state index in [-0.39, 0.29) is 31.7 Å². The Balaban J connectivity index is 1.61. The van der Waals surface area contributed by atoms with Gasteiger partial charge < -0.3 is 14.2 Å². The van der Waals surface area contributed by atoms with E-state index in [1.54, 1.807) is 72.8 Å². The third kappa shape index (κ3) is 7.31. The quantitative estimate of drug-likeness (QED) is 0.329. The molecule has 3 aromatic rings. The van der Waals surface area contributed by atoms with Crippen molar-refractivity contribution in [2.75, 3.05) is 19.8 Å². The second kappa shape index (κ2) is 12.2. The van der Waals surface area contributed by atoms with Crippen LogP contribution in [0.15, 0.2) is 91.0 Å². The lowest BCUT2D eigenvalue weighted by atomic mass is 9.96. The highest BCUT2D eigenvalue weighted by Crippen LogP contribution is 2.17. The molecule has 1 unspecified atom stereocenters. The molecule has 0 heterocycles. The molecule has 6 heteroatoms. The van der Waals surface area contributed by atoms with Gasteiger partial charge in [-0.15, -0.1) is 0 Å². The lowest BCUT2D eigenvalue weighted by molar-refractivity contribution is 0.00403. The molecule has 0 aliphatic heterocycles. The van der Waals surface area contributed by atoms with Gasteiger partial charge in [0.15, 0.2) is 0 Å². The molecule has 0 spiro atoms. The molecule has 3 aromatic carbocycles. The summed E-state index contributed by atoms with van der Waals surface area (Å²) < 4.78 is 16.4. The van der Waals surface area contributed by atoms with Gasteiger partial charge in [0.1, 0.15) is 0 Å². The molecule has 6 nitrogen and oxygen atoms in total. The van der Waals surface area contributed by atoms with Crippen LogP contribution in [0.3, 0.4) is 0 Å². The van der Waals surface area contributed by atoms with Crippen LogP contribution in [0.2, 0.25) is 0 Å². The van der Waals surface area contributed by atoms with Crippen LogP contribution in [0.4, 0.5) is 0 Å². The summed E-state index contributed by atoms with van der Waals surface area (Å²) in [6, 6.07) is 26.0. The van der Waals surface area contributed by atoms with E-state index in [4.69, 9.17) is 14.2 Å². The number of hydrogen-bond donors (Lipinski definition) is 0. The first-order chi connectivity index (χ1) is 16.0. The Morgan fingerprint density at radius 1 is 0.545 bits per heavy atom. The second-order valence-electron chi connectivity index (χ2n) is 7.63. The van der Waals surface area contributed by atoms with Gasteiger partial charge in [-0.05, 0) is 42.3 Å². The van der Waals surface area contributed by atoms with E-state index >= 15 is 0 Å². The topological polar surface area (TPSA) is 78.9 Å². The van der Waals surface area contributed by atoms with Crippen molar-refractivity contribution in [1.29, 1.82) is 0 Å². The Bertz CT molecular complexity index is 978. The van der Waals surface area contributed by atoms with Crippen molar-refractivity contribution >= 4 is 17.9 Å². The number of esters is 3. The summed E-state index contributed by atoms with van der Waals surface area (Å²) in [5, 5.41) is 0. The van der Waals surface area contributed by atoms with Crippen molar-refractivity contribution in [1.82, 2.24) is 0 Å². The van der Waals surface area contributed by atoms with E-state index in [0.29, 0.717) is 16.7 Å². The normalized spacial score (nSPS) is 11.5. The van der Waals surface area contributed by atoms with Crippen molar-refractivity contribution in [3.05, 3.63) is 108 Å². The molecule has 0 bridgehead atoms. The lowest BCUT2D eigenvalue weighted by Gasteiger charge is -2.23. The molecule has 3 rings (SSSR count). The Morgan fingerprint density at radius 2 is 0.848 bits per heavy atom. The molecule has 1 atom stereocenters. The van der Waals surface area contributed by atoms with Gasteiger partial charge in [-0.1, -0.05) is 61.5 Å². The van der Waals surface area contributed by atoms with E-state index in [1.807, 2.05) is 25.1 Å². The summed E-state index contributed by atoms with van der Waals surface area (Å²) in [7, 11) is 0. The lowest BCUT2D eigenvalue weighted by Crippen LogP contribution is -2.29. The molecule has 0 aromatic heterocycles. The van der Waals surface area contributed by atoms with Crippen LogP contribution in [0.25, 0.3) is 0 Å². The van der Waals surface area contributed by atoms with Gasteiger partial charge in [0, 0.05) is 5.92 Å². The van der Waals surface area contributed by atoms with Gasteiger partial charge >= 0.3 is 17.9 Å². The van der Waals surface area contributed by atoms with Gasteiger partial charge in [-0.2, -0.15) is 0 Å². The molecule has 0 amide bonds. The van der Waals surface area contributed by atoms with Crippen molar-refractivity contribution in [2.45, 2.75) is 6.92 Å². The average Bonchev–Trinajstić information content (AvgIpc) is 2.88. The summed E-state index contributed by atoms with van der Waals surface area (Å²) in [5.74, 6) is -1.98. The molecule has 0 saturated carbocycles. The zero-order valence-electron chi connectivity index (χ0n) is 18.4. The van der Waals surface area contributed by atoms with Gasteiger partial charge in [0.25, 0.3) is 0 Å². The van der Waals surface area contributed by atoms with E-state index < -0.39 is 17.9 Å². The van der Waals surface area contributed by atoms with Crippen LogP contribution in [0.5, 0.6) is 0 Å². The minimum atomic E-state index is -0.469. The van der Waals surface area contributed by atoms with Gasteiger partial charge in [0.05, 0.1) is 36.5 Å². The SMILES string of the molecule is CC(COC(=O)c1ccccc1)C(COC(=O)c1ccccc1)COC(=O)c1ccccc1. The molecule has 0 fully saturated rings. The fourth-order valence-electron chi connectivity index (χ4n) is 3.06. The summed E-state index contributed by atoms with van der Waals surface area (Å²) in [5.41, 5.74) is 1.31. The van der Waals surface area contributed by atoms with E-state index in [1.165, 1.54) is 0 Å². The Morgan fingerprint density at radius 3 is 1.18 bits per heavy atom. The molecular formula is C27H26O6. The summed E-state index contributed by atoms with van der Waals surface area (Å²) >= 11 is 0. The van der Waals surface area contributed by atoms with Crippen LogP contribution in [-0.4, -0.2) is 37.7 Å². The van der Waals surface area contributed by atoms with E-state index in [9.17, 15) is 14.4 Å². The largest absolute Gasteiger partial charge is 0.462 e. The highest BCUT2D eigenvalue weighted by molar-refractivity contribution is 5.90. The second-order valence-corrected chi connectivity index (χ2v) is 7.63. The number of carbonyl (C=O) groups is 3. The number of benzene rings is 3. The number of rotatable bonds is 10. The maximum atomic E-state index is 12.4. The Hall–Kier alpha value is -3.93. The summed E-state index contributed by atoms with van der Waals surface area (Å²) in [6.45, 7) is 1.97. The standard InChI is InChI=1S/C27H26O6/c1-20(17-31-25(28)21-11-5-2-6-12-21)24(18-32-26(29)22-13-7-3-8-14-22)19-33-27(30)23-15-9-4-10-16-23/h2-16,20,24H,17-19H2,1H3. The van der Waals surface area contributed by atoms with Crippen molar-refractivity contribution in [3.63, 3.8) is 0 Å². The van der Waals surface area contributed by atoms with Crippen molar-refractivity contribution in [3.8, 4) is 0 Å². The van der Waals surface area contributed by atoms with Crippen molar-refractivity contribution in [2.24, 2.45) is 11.8 Å². The molecule has 0 aliphatic carbocycles. The smallest absolute Gasteiger partial charge is 0.338 e. The highest BCUT2D eigenvalue weighted by Gasteiger charge is 2.24. The van der Waals surface area contributed by atoms with Gasteiger partial charge in [0.2, 0.25) is 0 Å². The first kappa shape index (κ1) is 23.7. The Kier molecular flexibility index (Phi) is 8.77. The number of ether oxygens (including phenoxy) is 3. The predicted octanol–water partition coefficient (Wildman–Crippen LogP) is 4.81. The van der Waals surface area contributed by atoms with E-state index in [2.05, 4.69) is 0 Å². The van der Waals surface area contributed by atoms with Gasteiger partial charge in [-0.3, -0.25) is 0 Å². The molecule has 0 radical (unpaired) electrons. The van der Waals surface area contributed by atoms with Crippen LogP contribution in [-0.2, 0) is 14.2 Å². The van der Waals surface area contributed by atoms with Gasteiger partial charge in [-0.25, -0.2) is 14.4 Å². The first-order valence-electron chi connectivity index (χ1n) is 10.7. The minimum absolute atomic E-state index is 0.0137. The predicted molar refractivity (Wildman–Crippen MR) is 123 cm³/mol. The third-order valence-electron chi connectivity index (χ3n) is 5.17. The molecule has 0 aliphatic rings. The number of carbonyl (C=O) groups excluding carboxylic acids is 3. The number of hydrogen-bond acceptors (Lipinski definition) is 6. The fraction of sp³-hybridized carbons (Fsp3) is 0.222. The minimum Gasteiger partial charge on any atom is -0.462 e. The maximum absolute atomic E-state index is 12.4. The van der Waals surface area contributed by atoms with Crippen LogP contribution in [0, 0.1) is 11.8 Å². The first-order valence-corrected chi connectivity index (χ1v) is 10.7. The maximum Gasteiger partial charge on any atom is 0.338 e. The highest BCUT2D eigenvalue weighted by atomic mass is 16.6. The van der Waals surface area contributed by atoms with Crippen molar-refractivity contribution < 1.29 is 28.6 Å². The van der Waals surface area contributed by atoms with E-state index in [0.717, 1.165) is 0 Å². The fourth-order valence-corrected chi connectivity index (χ4v) is 3.06. The summed E-state index contributed by atoms with van der Waals surface area (Å²) in [4.78, 5) is 37.0. The van der Waals surface area contributed by atoms with Crippen LogP contribution < -0.4 is 0 Å². The van der Waals surface area contributed by atoms with Crippen LogP contribution in [0.1, 0.15) is 38.0 Å². The zero-order valence-corrected chi connectivity index (χ0v) is 18.4. The molecule has 0 N–H and O–H groups in total. The molecule has 170 valence electrons. The molecule has 33 heavy (non-hydrogen) atoms. The monoisotopic (exact) mass is 446 g/mol. The Labute approximate surface area is 193 Å². The summed E-state index contributed by atoms with van der Waals surface area (Å²) in [6.07, 6.45) is 0. The average molecular weight is 446 g/mol. The van der Waals surface area contributed by atoms with Crippen LogP contribution >= 0.6 is 0 Å². The molecule has 0 saturated heterocycles.